The maximum atomic E-state index is 6.34. The summed E-state index contributed by atoms with van der Waals surface area (Å²) in [4.78, 5) is 13.7. The molecule has 0 aliphatic heterocycles. The number of hydrogen-bond donors (Lipinski definition) is 1. The second-order valence-corrected chi connectivity index (χ2v) is 5.66. The molecule has 0 radical (unpaired) electrons. The zero-order chi connectivity index (χ0) is 16.7. The summed E-state index contributed by atoms with van der Waals surface area (Å²) in [5.41, 5.74) is 10.3. The van der Waals surface area contributed by atoms with Crippen LogP contribution in [0.5, 0.6) is 5.75 Å². The van der Waals surface area contributed by atoms with Gasteiger partial charge in [0.05, 0.1) is 23.7 Å². The number of methoxy groups -OCH3 is 1. The molecule has 0 atom stereocenters. The molecule has 0 fully saturated rings. The van der Waals surface area contributed by atoms with Gasteiger partial charge in [-0.1, -0.05) is 30.3 Å². The Bertz CT molecular complexity index is 1060. The molecule has 2 aromatic heterocycles. The van der Waals surface area contributed by atoms with Crippen molar-refractivity contribution in [3.05, 3.63) is 54.2 Å². The highest BCUT2D eigenvalue weighted by Crippen LogP contribution is 2.32. The van der Waals surface area contributed by atoms with Crippen molar-refractivity contribution in [3.8, 4) is 17.1 Å². The van der Waals surface area contributed by atoms with Crippen LogP contribution in [0.15, 0.2) is 48.7 Å². The minimum atomic E-state index is 0.596. The molecule has 4 aromatic rings. The largest absolute Gasteiger partial charge is 0.496 e. The first-order valence-corrected chi connectivity index (χ1v) is 7.63. The van der Waals surface area contributed by atoms with E-state index in [1.54, 1.807) is 13.3 Å². The highest BCUT2D eigenvalue weighted by Gasteiger charge is 2.12. The second kappa shape index (κ2) is 5.45. The fourth-order valence-electron chi connectivity index (χ4n) is 2.83. The van der Waals surface area contributed by atoms with Crippen molar-refractivity contribution in [2.24, 2.45) is 0 Å². The second-order valence-electron chi connectivity index (χ2n) is 5.66. The highest BCUT2D eigenvalue weighted by molar-refractivity contribution is 6.05. The van der Waals surface area contributed by atoms with E-state index >= 15 is 0 Å². The highest BCUT2D eigenvalue weighted by atomic mass is 16.5. The van der Waals surface area contributed by atoms with Crippen molar-refractivity contribution in [1.82, 2.24) is 15.0 Å². The number of aryl methyl sites for hydroxylation is 1. The third-order valence-electron chi connectivity index (χ3n) is 4.12. The molecule has 2 heterocycles. The van der Waals surface area contributed by atoms with E-state index in [0.717, 1.165) is 33.2 Å². The molecule has 2 aromatic carbocycles. The maximum absolute atomic E-state index is 6.34. The number of ether oxygens (including phenoxy) is 1. The van der Waals surface area contributed by atoms with Crippen LogP contribution in [-0.2, 0) is 0 Å². The van der Waals surface area contributed by atoms with E-state index in [-0.39, 0.29) is 0 Å². The molecule has 4 rings (SSSR count). The fourth-order valence-corrected chi connectivity index (χ4v) is 2.83. The number of nitrogen functional groups attached to an aromatic ring is 1. The lowest BCUT2D eigenvalue weighted by Gasteiger charge is -2.10. The number of pyridine rings is 1. The molecule has 2 N–H and O–H groups in total. The van der Waals surface area contributed by atoms with E-state index in [2.05, 4.69) is 15.0 Å². The summed E-state index contributed by atoms with van der Waals surface area (Å²) in [6.45, 7) is 1.98. The number of rotatable bonds is 2. The van der Waals surface area contributed by atoms with Crippen LogP contribution in [0.4, 0.5) is 5.69 Å². The van der Waals surface area contributed by atoms with E-state index < -0.39 is 0 Å². The third-order valence-corrected chi connectivity index (χ3v) is 4.12. The lowest BCUT2D eigenvalue weighted by atomic mass is 10.1. The van der Waals surface area contributed by atoms with E-state index in [1.165, 1.54) is 0 Å². The molecular weight excluding hydrogens is 300 g/mol. The van der Waals surface area contributed by atoms with Gasteiger partial charge in [0.1, 0.15) is 5.75 Å². The Kier molecular flexibility index (Phi) is 3.27. The SMILES string of the molecule is COc1cc2c(N)c3cnc(-c4ccccc4)nc3nc2cc1C. The van der Waals surface area contributed by atoms with Crippen LogP contribution in [0.25, 0.3) is 33.3 Å². The zero-order valence-corrected chi connectivity index (χ0v) is 13.4. The number of aromatic nitrogens is 3. The summed E-state index contributed by atoms with van der Waals surface area (Å²) < 4.78 is 5.38. The smallest absolute Gasteiger partial charge is 0.165 e. The molecule has 0 saturated carbocycles. The van der Waals surface area contributed by atoms with Gasteiger partial charge in [-0.2, -0.15) is 0 Å². The van der Waals surface area contributed by atoms with Gasteiger partial charge in [0, 0.05) is 17.1 Å². The minimum absolute atomic E-state index is 0.596. The van der Waals surface area contributed by atoms with E-state index in [1.807, 2.05) is 49.4 Å². The van der Waals surface area contributed by atoms with Gasteiger partial charge in [-0.15, -0.1) is 0 Å². The average molecular weight is 316 g/mol. The summed E-state index contributed by atoms with van der Waals surface area (Å²) in [5, 5.41) is 1.59. The van der Waals surface area contributed by atoms with Gasteiger partial charge in [-0.05, 0) is 24.6 Å². The molecule has 24 heavy (non-hydrogen) atoms. The Hall–Kier alpha value is -3.21. The van der Waals surface area contributed by atoms with Gasteiger partial charge >= 0.3 is 0 Å². The van der Waals surface area contributed by atoms with Crippen LogP contribution in [0.3, 0.4) is 0 Å². The summed E-state index contributed by atoms with van der Waals surface area (Å²) in [5.74, 6) is 1.43. The number of hydrogen-bond acceptors (Lipinski definition) is 5. The lowest BCUT2D eigenvalue weighted by molar-refractivity contribution is 0.412. The molecule has 0 aliphatic rings. The maximum Gasteiger partial charge on any atom is 0.165 e. The van der Waals surface area contributed by atoms with E-state index in [9.17, 15) is 0 Å². The van der Waals surface area contributed by atoms with Gasteiger partial charge in [0.15, 0.2) is 11.5 Å². The first-order chi connectivity index (χ1) is 11.7. The number of fused-ring (bicyclic) bond motifs is 2. The summed E-state index contributed by atoms with van der Waals surface area (Å²) in [6.07, 6.45) is 1.73. The Morgan fingerprint density at radius 2 is 1.79 bits per heavy atom. The van der Waals surface area contributed by atoms with Crippen LogP contribution >= 0.6 is 0 Å². The molecule has 0 saturated heterocycles. The molecule has 0 bridgehead atoms. The van der Waals surface area contributed by atoms with E-state index in [0.29, 0.717) is 17.2 Å². The zero-order valence-electron chi connectivity index (χ0n) is 13.4. The Labute approximate surface area is 139 Å². The minimum Gasteiger partial charge on any atom is -0.496 e. The summed E-state index contributed by atoms with van der Waals surface area (Å²) in [7, 11) is 1.65. The number of anilines is 1. The van der Waals surface area contributed by atoms with Crippen LogP contribution in [0, 0.1) is 6.92 Å². The number of nitrogens with zero attached hydrogens (tertiary/aromatic N) is 3. The molecule has 5 nitrogen and oxygen atoms in total. The van der Waals surface area contributed by atoms with Crippen molar-refractivity contribution < 1.29 is 4.74 Å². The molecule has 0 spiro atoms. The quantitative estimate of drug-likeness (QED) is 0.570. The monoisotopic (exact) mass is 316 g/mol. The Balaban J connectivity index is 1.99. The van der Waals surface area contributed by atoms with Crippen molar-refractivity contribution >= 4 is 27.6 Å². The van der Waals surface area contributed by atoms with Crippen LogP contribution in [-0.4, -0.2) is 22.1 Å². The standard InChI is InChI=1S/C19H16N4O/c1-11-8-15-13(9-16(11)24-2)17(20)14-10-21-18(23-19(14)22-15)12-6-4-3-5-7-12/h3-10H,1-2H3,(H2,20,21,22,23). The number of nitrogens with two attached hydrogens (primary N) is 1. The predicted octanol–water partition coefficient (Wildman–Crippen LogP) is 3.74. The summed E-state index contributed by atoms with van der Waals surface area (Å²) >= 11 is 0. The third kappa shape index (κ3) is 2.22. The molecule has 0 unspecified atom stereocenters. The first-order valence-electron chi connectivity index (χ1n) is 7.63. The average Bonchev–Trinajstić information content (AvgIpc) is 2.62. The van der Waals surface area contributed by atoms with Gasteiger partial charge in [-0.3, -0.25) is 0 Å². The summed E-state index contributed by atoms with van der Waals surface area (Å²) in [6, 6.07) is 13.7. The van der Waals surface area contributed by atoms with Gasteiger partial charge in [-0.25, -0.2) is 15.0 Å². The lowest BCUT2D eigenvalue weighted by Crippen LogP contribution is -1.98. The Morgan fingerprint density at radius 3 is 2.54 bits per heavy atom. The normalized spacial score (nSPS) is 11.1. The van der Waals surface area contributed by atoms with E-state index in [4.69, 9.17) is 10.5 Å². The molecule has 118 valence electrons. The van der Waals surface area contributed by atoms with Crippen molar-refractivity contribution in [2.75, 3.05) is 12.8 Å². The Morgan fingerprint density at radius 1 is 1.00 bits per heavy atom. The van der Waals surface area contributed by atoms with Crippen molar-refractivity contribution in [3.63, 3.8) is 0 Å². The van der Waals surface area contributed by atoms with Gasteiger partial charge in [0.25, 0.3) is 0 Å². The molecule has 5 heteroatoms. The molecule has 0 aliphatic carbocycles. The fraction of sp³-hybridized carbons (Fsp3) is 0.105. The molecule has 0 amide bonds. The van der Waals surface area contributed by atoms with Gasteiger partial charge < -0.3 is 10.5 Å². The first kappa shape index (κ1) is 14.4. The molecular formula is C19H16N4O. The van der Waals surface area contributed by atoms with Crippen LogP contribution in [0.1, 0.15) is 5.56 Å². The van der Waals surface area contributed by atoms with Gasteiger partial charge in [0.2, 0.25) is 0 Å². The predicted molar refractivity (Wildman–Crippen MR) is 96.0 cm³/mol. The van der Waals surface area contributed by atoms with Crippen LogP contribution < -0.4 is 10.5 Å². The topological polar surface area (TPSA) is 73.9 Å². The number of benzene rings is 2. The van der Waals surface area contributed by atoms with Crippen molar-refractivity contribution in [2.45, 2.75) is 6.92 Å². The van der Waals surface area contributed by atoms with Crippen molar-refractivity contribution in [1.29, 1.82) is 0 Å². The van der Waals surface area contributed by atoms with Crippen LogP contribution in [0.2, 0.25) is 0 Å².